The monoisotopic (exact) mass is 372 g/mol. The normalized spacial score (nSPS) is 11.6. The fourth-order valence-corrected chi connectivity index (χ4v) is 2.89. The van der Waals surface area contributed by atoms with Gasteiger partial charge in [0.2, 0.25) is 5.82 Å². The van der Waals surface area contributed by atoms with Gasteiger partial charge in [0, 0.05) is 12.1 Å². The number of non-ortho nitro benzene ring substituents is 1. The van der Waals surface area contributed by atoms with Gasteiger partial charge in [-0.1, -0.05) is 0 Å². The first kappa shape index (κ1) is 17.0. The van der Waals surface area contributed by atoms with E-state index in [9.17, 15) is 32.1 Å². The Balaban J connectivity index is 2.03. The van der Waals surface area contributed by atoms with Crippen LogP contribution in [0.25, 0.3) is 22.4 Å². The number of aromatic nitrogens is 1. The summed E-state index contributed by atoms with van der Waals surface area (Å²) >= 11 is 1.03. The van der Waals surface area contributed by atoms with Crippen LogP contribution in [0.4, 0.5) is 27.6 Å². The number of nitro benzene ring substituents is 1. The summed E-state index contributed by atoms with van der Waals surface area (Å²) in [5.41, 5.74) is -1.01. The van der Waals surface area contributed by atoms with Gasteiger partial charge >= 0.3 is 0 Å². The third-order valence-corrected chi connectivity index (χ3v) is 4.24. The van der Waals surface area contributed by atoms with Gasteiger partial charge in [-0.15, -0.1) is 11.3 Å². The van der Waals surface area contributed by atoms with Crippen molar-refractivity contribution in [2.45, 2.75) is 0 Å². The van der Waals surface area contributed by atoms with Crippen LogP contribution in [0.15, 0.2) is 18.2 Å². The van der Waals surface area contributed by atoms with Crippen LogP contribution in [-0.2, 0) is 0 Å². The van der Waals surface area contributed by atoms with E-state index >= 15 is 0 Å². The first-order valence-electron chi connectivity index (χ1n) is 6.54. The second-order valence-corrected chi connectivity index (χ2v) is 5.84. The molecule has 4 nitrogen and oxygen atoms in total. The van der Waals surface area contributed by atoms with Crippen molar-refractivity contribution in [1.82, 2.24) is 4.98 Å². The lowest BCUT2D eigenvalue weighted by molar-refractivity contribution is -0.384. The summed E-state index contributed by atoms with van der Waals surface area (Å²) in [7, 11) is 0. The van der Waals surface area contributed by atoms with Crippen LogP contribution >= 0.6 is 11.3 Å². The Labute approximate surface area is 140 Å². The van der Waals surface area contributed by atoms with Gasteiger partial charge in [-0.05, 0) is 18.2 Å². The molecule has 1 aromatic heterocycles. The van der Waals surface area contributed by atoms with E-state index in [1.54, 1.807) is 0 Å². The Kier molecular flexibility index (Phi) is 4.21. The van der Waals surface area contributed by atoms with Crippen molar-refractivity contribution in [3.8, 4) is 0 Å². The van der Waals surface area contributed by atoms with Crippen molar-refractivity contribution in [1.29, 1.82) is 0 Å². The number of nitro groups is 1. The number of halogens is 5. The standard InChI is InChI=1S/C15H5F5N2O2S/c16-11-7(12(17)14(19)15(20)13(11)18)2-4-10-21-8-5-6(22(23)24)1-3-9(8)25-10/h1-5H/b4-2+. The molecule has 0 aliphatic heterocycles. The van der Waals surface area contributed by atoms with E-state index in [4.69, 9.17) is 0 Å². The molecular formula is C15H5F5N2O2S. The molecule has 0 N–H and O–H groups in total. The van der Waals surface area contributed by atoms with Gasteiger partial charge in [0.1, 0.15) is 5.01 Å². The largest absolute Gasteiger partial charge is 0.271 e. The second-order valence-electron chi connectivity index (χ2n) is 4.78. The highest BCUT2D eigenvalue weighted by atomic mass is 32.1. The number of hydrogen-bond acceptors (Lipinski definition) is 4. The van der Waals surface area contributed by atoms with E-state index in [-0.39, 0.29) is 16.2 Å². The predicted molar refractivity (Wildman–Crippen MR) is 81.4 cm³/mol. The summed E-state index contributed by atoms with van der Waals surface area (Å²) in [5.74, 6) is -10.2. The average Bonchev–Trinajstić information content (AvgIpc) is 3.00. The maximum atomic E-state index is 13.6. The summed E-state index contributed by atoms with van der Waals surface area (Å²) in [4.78, 5) is 14.1. The van der Waals surface area contributed by atoms with Crippen LogP contribution in [0.3, 0.4) is 0 Å². The zero-order valence-corrected chi connectivity index (χ0v) is 12.7. The summed E-state index contributed by atoms with van der Waals surface area (Å²) in [6.07, 6.45) is 1.77. The van der Waals surface area contributed by atoms with Crippen molar-refractivity contribution in [3.05, 3.63) is 68.0 Å². The van der Waals surface area contributed by atoms with Gasteiger partial charge < -0.3 is 0 Å². The van der Waals surface area contributed by atoms with Gasteiger partial charge in [-0.2, -0.15) is 0 Å². The molecule has 2 aromatic carbocycles. The first-order chi connectivity index (χ1) is 11.8. The van der Waals surface area contributed by atoms with Gasteiger partial charge in [0.15, 0.2) is 23.3 Å². The van der Waals surface area contributed by atoms with Crippen molar-refractivity contribution >= 4 is 39.4 Å². The lowest BCUT2D eigenvalue weighted by Gasteiger charge is -2.03. The fourth-order valence-electron chi connectivity index (χ4n) is 2.04. The molecule has 0 atom stereocenters. The zero-order valence-electron chi connectivity index (χ0n) is 11.9. The molecule has 0 saturated carbocycles. The minimum Gasteiger partial charge on any atom is -0.258 e. The van der Waals surface area contributed by atoms with Crippen LogP contribution < -0.4 is 0 Å². The van der Waals surface area contributed by atoms with Gasteiger partial charge in [0.05, 0.1) is 20.7 Å². The van der Waals surface area contributed by atoms with Crippen LogP contribution in [0.2, 0.25) is 0 Å². The minimum atomic E-state index is -2.24. The van der Waals surface area contributed by atoms with E-state index < -0.39 is 39.6 Å². The van der Waals surface area contributed by atoms with Crippen molar-refractivity contribution in [2.24, 2.45) is 0 Å². The summed E-state index contributed by atoms with van der Waals surface area (Å²) in [6, 6.07) is 3.92. The highest BCUT2D eigenvalue weighted by Crippen LogP contribution is 2.28. The molecule has 0 fully saturated rings. The van der Waals surface area contributed by atoms with Crippen LogP contribution in [0.5, 0.6) is 0 Å². The quantitative estimate of drug-likeness (QED) is 0.212. The molecule has 0 unspecified atom stereocenters. The average molecular weight is 372 g/mol. The molecule has 0 aliphatic rings. The Morgan fingerprint density at radius 1 is 0.960 bits per heavy atom. The van der Waals surface area contributed by atoms with E-state index in [0.29, 0.717) is 10.8 Å². The van der Waals surface area contributed by atoms with Crippen molar-refractivity contribution in [3.63, 3.8) is 0 Å². The number of rotatable bonds is 3. The zero-order chi connectivity index (χ0) is 18.3. The molecule has 0 spiro atoms. The molecule has 3 rings (SSSR count). The maximum absolute atomic E-state index is 13.6. The van der Waals surface area contributed by atoms with E-state index in [1.807, 2.05) is 0 Å². The Morgan fingerprint density at radius 3 is 2.16 bits per heavy atom. The SMILES string of the molecule is O=[N+]([O-])c1ccc2sc(/C=C/c3c(F)c(F)c(F)c(F)c3F)nc2c1. The number of benzene rings is 2. The smallest absolute Gasteiger partial charge is 0.258 e. The molecule has 1 heterocycles. The Bertz CT molecular complexity index is 1020. The molecule has 0 bridgehead atoms. The highest BCUT2D eigenvalue weighted by molar-refractivity contribution is 7.19. The molecule has 128 valence electrons. The Hall–Kier alpha value is -2.88. The molecule has 25 heavy (non-hydrogen) atoms. The minimum absolute atomic E-state index is 0.180. The Morgan fingerprint density at radius 2 is 1.56 bits per heavy atom. The van der Waals surface area contributed by atoms with E-state index in [1.165, 1.54) is 18.2 Å². The molecule has 0 radical (unpaired) electrons. The lowest BCUT2D eigenvalue weighted by atomic mass is 10.1. The van der Waals surface area contributed by atoms with Gasteiger partial charge in [0.25, 0.3) is 5.69 Å². The highest BCUT2D eigenvalue weighted by Gasteiger charge is 2.24. The van der Waals surface area contributed by atoms with Crippen molar-refractivity contribution in [2.75, 3.05) is 0 Å². The third-order valence-electron chi connectivity index (χ3n) is 3.23. The number of fused-ring (bicyclic) bond motifs is 1. The molecule has 3 aromatic rings. The number of nitrogens with zero attached hydrogens (tertiary/aromatic N) is 2. The first-order valence-corrected chi connectivity index (χ1v) is 7.35. The van der Waals surface area contributed by atoms with Gasteiger partial charge in [-0.25, -0.2) is 26.9 Å². The molecule has 0 amide bonds. The van der Waals surface area contributed by atoms with Crippen LogP contribution in [0.1, 0.15) is 10.6 Å². The summed E-state index contributed by atoms with van der Waals surface area (Å²) in [5, 5.41) is 10.9. The third kappa shape index (κ3) is 2.95. The fraction of sp³-hybridized carbons (Fsp3) is 0. The van der Waals surface area contributed by atoms with Crippen LogP contribution in [-0.4, -0.2) is 9.91 Å². The molecule has 10 heteroatoms. The predicted octanol–water partition coefficient (Wildman–Crippen LogP) is 5.07. The number of thiazole rings is 1. The summed E-state index contributed by atoms with van der Waals surface area (Å²) < 4.78 is 67.0. The second kappa shape index (κ2) is 6.20. The van der Waals surface area contributed by atoms with Crippen LogP contribution in [0, 0.1) is 39.2 Å². The molecule has 0 aliphatic carbocycles. The summed E-state index contributed by atoms with van der Waals surface area (Å²) in [6.45, 7) is 0. The van der Waals surface area contributed by atoms with Gasteiger partial charge in [-0.3, -0.25) is 10.1 Å². The van der Waals surface area contributed by atoms with Crippen molar-refractivity contribution < 1.29 is 26.9 Å². The number of hydrogen-bond donors (Lipinski definition) is 0. The molecule has 0 saturated heterocycles. The molecular weight excluding hydrogens is 367 g/mol. The van der Waals surface area contributed by atoms with E-state index in [0.717, 1.165) is 17.4 Å². The lowest BCUT2D eigenvalue weighted by Crippen LogP contribution is -2.03. The topological polar surface area (TPSA) is 56.0 Å². The van der Waals surface area contributed by atoms with E-state index in [2.05, 4.69) is 4.98 Å². The maximum Gasteiger partial charge on any atom is 0.271 e.